The molecule has 2 aliphatic rings. The molecule has 0 radical (unpaired) electrons. The van der Waals surface area contributed by atoms with E-state index >= 15 is 0 Å². The van der Waals surface area contributed by atoms with E-state index in [9.17, 15) is 4.79 Å². The summed E-state index contributed by atoms with van der Waals surface area (Å²) in [6.07, 6.45) is 2.34. The lowest BCUT2D eigenvalue weighted by Crippen LogP contribution is -2.31. The number of aliphatic imine (C=N–C) groups is 1. The Hall–Kier alpha value is -1.06. The standard InChI is InChI=1S/C10H17N3O/c1-6(2)5-11-10-12-8(7-3-4-7)9(14)13-10/h6-8H,3-5H2,1-2H3,(H2,11,12,13,14). The molecule has 2 rings (SSSR count). The third-order valence-corrected chi connectivity index (χ3v) is 2.52. The third kappa shape index (κ3) is 2.05. The van der Waals surface area contributed by atoms with E-state index in [2.05, 4.69) is 29.5 Å². The van der Waals surface area contributed by atoms with Crippen LogP contribution < -0.4 is 10.6 Å². The average molecular weight is 195 g/mol. The zero-order valence-electron chi connectivity index (χ0n) is 8.71. The van der Waals surface area contributed by atoms with Crippen LogP contribution in [0.5, 0.6) is 0 Å². The van der Waals surface area contributed by atoms with Crippen molar-refractivity contribution in [2.75, 3.05) is 6.54 Å². The number of hydrogen-bond donors (Lipinski definition) is 2. The largest absolute Gasteiger partial charge is 0.344 e. The molecule has 78 valence electrons. The molecule has 1 heterocycles. The van der Waals surface area contributed by atoms with Gasteiger partial charge in [-0.2, -0.15) is 0 Å². The summed E-state index contributed by atoms with van der Waals surface area (Å²) in [5, 5.41) is 5.93. The molecule has 2 fully saturated rings. The maximum atomic E-state index is 11.5. The highest BCUT2D eigenvalue weighted by Gasteiger charge is 2.40. The first kappa shape index (κ1) is 9.49. The van der Waals surface area contributed by atoms with E-state index in [-0.39, 0.29) is 11.9 Å². The molecule has 0 aromatic heterocycles. The molecule has 4 heteroatoms. The minimum absolute atomic E-state index is 0.0130. The molecule has 0 spiro atoms. The first-order chi connectivity index (χ1) is 6.66. The SMILES string of the molecule is CC(C)CN=C1NC(=O)C(C2CC2)N1. The van der Waals surface area contributed by atoms with E-state index in [1.165, 1.54) is 12.8 Å². The lowest BCUT2D eigenvalue weighted by Gasteiger charge is -2.04. The molecule has 1 saturated carbocycles. The Morgan fingerprint density at radius 2 is 2.21 bits per heavy atom. The molecular weight excluding hydrogens is 178 g/mol. The smallest absolute Gasteiger partial charge is 0.249 e. The minimum atomic E-state index is -0.0130. The first-order valence-corrected chi connectivity index (χ1v) is 5.28. The molecule has 0 bridgehead atoms. The fraction of sp³-hybridized carbons (Fsp3) is 0.800. The van der Waals surface area contributed by atoms with Crippen LogP contribution in [0, 0.1) is 11.8 Å². The van der Waals surface area contributed by atoms with E-state index in [1.807, 2.05) is 0 Å². The molecule has 1 aliphatic heterocycles. The Balaban J connectivity index is 1.91. The second-order valence-corrected chi connectivity index (χ2v) is 4.53. The van der Waals surface area contributed by atoms with Crippen LogP contribution in [0.4, 0.5) is 0 Å². The predicted octanol–water partition coefficient (Wildman–Crippen LogP) is 0.496. The van der Waals surface area contributed by atoms with E-state index in [4.69, 9.17) is 0 Å². The first-order valence-electron chi connectivity index (χ1n) is 5.28. The second kappa shape index (κ2) is 3.59. The van der Waals surface area contributed by atoms with Gasteiger partial charge in [0.05, 0.1) is 0 Å². The van der Waals surface area contributed by atoms with Crippen LogP contribution in [0.3, 0.4) is 0 Å². The van der Waals surface area contributed by atoms with Crippen LogP contribution in [-0.2, 0) is 4.79 Å². The van der Waals surface area contributed by atoms with Gasteiger partial charge < -0.3 is 5.32 Å². The van der Waals surface area contributed by atoms with Crippen molar-refractivity contribution in [3.8, 4) is 0 Å². The number of rotatable bonds is 3. The van der Waals surface area contributed by atoms with Crippen molar-refractivity contribution in [3.05, 3.63) is 0 Å². The van der Waals surface area contributed by atoms with Gasteiger partial charge in [-0.3, -0.25) is 15.1 Å². The van der Waals surface area contributed by atoms with Gasteiger partial charge in [0.15, 0.2) is 5.96 Å². The van der Waals surface area contributed by atoms with Crippen LogP contribution in [0.25, 0.3) is 0 Å². The molecule has 1 atom stereocenters. The Kier molecular flexibility index (Phi) is 2.44. The Labute approximate surface area is 84.2 Å². The zero-order chi connectivity index (χ0) is 10.1. The number of nitrogens with zero attached hydrogens (tertiary/aromatic N) is 1. The van der Waals surface area contributed by atoms with Gasteiger partial charge in [0, 0.05) is 6.54 Å². The van der Waals surface area contributed by atoms with Crippen LogP contribution in [0.1, 0.15) is 26.7 Å². The van der Waals surface area contributed by atoms with Crippen molar-refractivity contribution < 1.29 is 4.79 Å². The lowest BCUT2D eigenvalue weighted by molar-refractivity contribution is -0.120. The molecule has 2 N–H and O–H groups in total. The molecule has 14 heavy (non-hydrogen) atoms. The Morgan fingerprint density at radius 1 is 1.50 bits per heavy atom. The van der Waals surface area contributed by atoms with E-state index in [0.717, 1.165) is 6.54 Å². The summed E-state index contributed by atoms with van der Waals surface area (Å²) in [5.74, 6) is 1.83. The number of hydrogen-bond acceptors (Lipinski definition) is 2. The zero-order valence-corrected chi connectivity index (χ0v) is 8.71. The maximum absolute atomic E-state index is 11.5. The second-order valence-electron chi connectivity index (χ2n) is 4.53. The number of nitrogens with one attached hydrogen (secondary N) is 2. The number of amides is 1. The predicted molar refractivity (Wildman–Crippen MR) is 54.9 cm³/mol. The summed E-state index contributed by atoms with van der Waals surface area (Å²) in [7, 11) is 0. The van der Waals surface area contributed by atoms with Gasteiger partial charge in [0.2, 0.25) is 5.91 Å². The van der Waals surface area contributed by atoms with Crippen molar-refractivity contribution >= 4 is 11.9 Å². The summed E-state index contributed by atoms with van der Waals surface area (Å²) >= 11 is 0. The van der Waals surface area contributed by atoms with Crippen LogP contribution in [-0.4, -0.2) is 24.5 Å². The molecule has 1 aliphatic carbocycles. The Morgan fingerprint density at radius 3 is 2.79 bits per heavy atom. The van der Waals surface area contributed by atoms with Crippen LogP contribution >= 0.6 is 0 Å². The summed E-state index contributed by atoms with van der Waals surface area (Å²) in [5.41, 5.74) is 0. The van der Waals surface area contributed by atoms with Crippen molar-refractivity contribution in [3.63, 3.8) is 0 Å². The van der Waals surface area contributed by atoms with Gasteiger partial charge in [0.25, 0.3) is 0 Å². The van der Waals surface area contributed by atoms with E-state index < -0.39 is 0 Å². The third-order valence-electron chi connectivity index (χ3n) is 2.52. The Bertz CT molecular complexity index is 269. The topological polar surface area (TPSA) is 53.5 Å². The molecular formula is C10H17N3O. The maximum Gasteiger partial charge on any atom is 0.249 e. The van der Waals surface area contributed by atoms with Crippen molar-refractivity contribution in [2.45, 2.75) is 32.7 Å². The minimum Gasteiger partial charge on any atom is -0.344 e. The molecule has 4 nitrogen and oxygen atoms in total. The van der Waals surface area contributed by atoms with Gasteiger partial charge in [-0.1, -0.05) is 13.8 Å². The summed E-state index contributed by atoms with van der Waals surface area (Å²) in [4.78, 5) is 15.8. The molecule has 1 saturated heterocycles. The highest BCUT2D eigenvalue weighted by molar-refractivity contribution is 6.06. The highest BCUT2D eigenvalue weighted by atomic mass is 16.2. The fourth-order valence-corrected chi connectivity index (χ4v) is 1.56. The van der Waals surface area contributed by atoms with Crippen molar-refractivity contribution in [1.82, 2.24) is 10.6 Å². The molecule has 1 amide bonds. The summed E-state index contributed by atoms with van der Waals surface area (Å²) in [6, 6.07) is -0.0130. The average Bonchev–Trinajstić information content (AvgIpc) is 2.88. The lowest BCUT2D eigenvalue weighted by atomic mass is 10.2. The molecule has 1 unspecified atom stereocenters. The van der Waals surface area contributed by atoms with Gasteiger partial charge in [-0.25, -0.2) is 0 Å². The van der Waals surface area contributed by atoms with Crippen molar-refractivity contribution in [1.29, 1.82) is 0 Å². The normalized spacial score (nSPS) is 29.5. The van der Waals surface area contributed by atoms with Gasteiger partial charge >= 0.3 is 0 Å². The number of carbonyl (C=O) groups is 1. The fourth-order valence-electron chi connectivity index (χ4n) is 1.56. The van der Waals surface area contributed by atoms with E-state index in [1.54, 1.807) is 0 Å². The van der Waals surface area contributed by atoms with Gasteiger partial charge in [-0.15, -0.1) is 0 Å². The van der Waals surface area contributed by atoms with Crippen LogP contribution in [0.2, 0.25) is 0 Å². The monoisotopic (exact) mass is 195 g/mol. The quantitative estimate of drug-likeness (QED) is 0.689. The summed E-state index contributed by atoms with van der Waals surface area (Å²) in [6.45, 7) is 4.98. The van der Waals surface area contributed by atoms with Crippen LogP contribution in [0.15, 0.2) is 4.99 Å². The summed E-state index contributed by atoms with van der Waals surface area (Å²) < 4.78 is 0. The number of guanidine groups is 1. The number of carbonyl (C=O) groups excluding carboxylic acids is 1. The van der Waals surface area contributed by atoms with Crippen molar-refractivity contribution in [2.24, 2.45) is 16.8 Å². The molecule has 0 aromatic rings. The molecule has 0 aromatic carbocycles. The van der Waals surface area contributed by atoms with Gasteiger partial charge in [0.1, 0.15) is 6.04 Å². The highest BCUT2D eigenvalue weighted by Crippen LogP contribution is 2.33. The van der Waals surface area contributed by atoms with Gasteiger partial charge in [-0.05, 0) is 24.7 Å². The van der Waals surface area contributed by atoms with E-state index in [0.29, 0.717) is 17.8 Å².